The van der Waals surface area contributed by atoms with Gasteiger partial charge in [0, 0.05) is 5.69 Å². The molecule has 94 valence electrons. The molecule has 0 aromatic heterocycles. The van der Waals surface area contributed by atoms with Gasteiger partial charge in [0.15, 0.2) is 6.73 Å². The standard InChI is InChI=1S/C16H13NO2/c18-16-15(13-7-3-1-4-8-13)11-19-12-17(16)14-9-5-2-6-10-14/h1-11H,12H2. The van der Waals surface area contributed by atoms with Crippen molar-refractivity contribution in [3.8, 4) is 0 Å². The number of anilines is 1. The molecule has 0 saturated carbocycles. The monoisotopic (exact) mass is 251 g/mol. The van der Waals surface area contributed by atoms with Crippen molar-refractivity contribution in [3.05, 3.63) is 72.5 Å². The fourth-order valence-corrected chi connectivity index (χ4v) is 2.06. The molecule has 3 rings (SSSR count). The second-order valence-electron chi connectivity index (χ2n) is 4.26. The summed E-state index contributed by atoms with van der Waals surface area (Å²) in [6.07, 6.45) is 1.54. The second-order valence-corrected chi connectivity index (χ2v) is 4.26. The van der Waals surface area contributed by atoms with Crippen LogP contribution in [0.1, 0.15) is 5.56 Å². The van der Waals surface area contributed by atoms with Crippen LogP contribution in [-0.4, -0.2) is 12.6 Å². The first-order valence-corrected chi connectivity index (χ1v) is 6.10. The Hall–Kier alpha value is -2.55. The van der Waals surface area contributed by atoms with Gasteiger partial charge in [0.05, 0.1) is 11.8 Å². The highest BCUT2D eigenvalue weighted by Crippen LogP contribution is 2.25. The van der Waals surface area contributed by atoms with E-state index in [0.29, 0.717) is 5.57 Å². The molecule has 1 amide bonds. The van der Waals surface area contributed by atoms with E-state index in [0.717, 1.165) is 11.3 Å². The molecule has 0 fully saturated rings. The molecule has 0 N–H and O–H groups in total. The molecule has 0 bridgehead atoms. The summed E-state index contributed by atoms with van der Waals surface area (Å²) in [6.45, 7) is 0.249. The number of hydrogen-bond acceptors (Lipinski definition) is 2. The van der Waals surface area contributed by atoms with E-state index in [4.69, 9.17) is 4.74 Å². The van der Waals surface area contributed by atoms with Gasteiger partial charge in [-0.1, -0.05) is 48.5 Å². The van der Waals surface area contributed by atoms with Crippen LogP contribution in [0, 0.1) is 0 Å². The molecule has 0 unspecified atom stereocenters. The average molecular weight is 251 g/mol. The first kappa shape index (κ1) is 11.5. The van der Waals surface area contributed by atoms with Gasteiger partial charge in [-0.25, -0.2) is 0 Å². The summed E-state index contributed by atoms with van der Waals surface area (Å²) in [6, 6.07) is 19.1. The Labute approximate surface area is 111 Å². The average Bonchev–Trinajstić information content (AvgIpc) is 2.49. The largest absolute Gasteiger partial charge is 0.479 e. The van der Waals surface area contributed by atoms with Gasteiger partial charge in [0.2, 0.25) is 0 Å². The van der Waals surface area contributed by atoms with Crippen LogP contribution < -0.4 is 4.90 Å². The Kier molecular flexibility index (Phi) is 3.02. The fourth-order valence-electron chi connectivity index (χ4n) is 2.06. The van der Waals surface area contributed by atoms with Crippen molar-refractivity contribution in [1.29, 1.82) is 0 Å². The Balaban J connectivity index is 1.94. The molecule has 0 aliphatic carbocycles. The maximum atomic E-state index is 12.5. The molecule has 0 saturated heterocycles. The molecule has 0 spiro atoms. The Bertz CT molecular complexity index is 605. The Morgan fingerprint density at radius 3 is 2.21 bits per heavy atom. The molecule has 1 aliphatic rings. The summed E-state index contributed by atoms with van der Waals surface area (Å²) in [5.74, 6) is -0.0383. The molecule has 1 aliphatic heterocycles. The summed E-state index contributed by atoms with van der Waals surface area (Å²) in [7, 11) is 0. The third-order valence-electron chi connectivity index (χ3n) is 3.03. The minimum absolute atomic E-state index is 0.0383. The van der Waals surface area contributed by atoms with Crippen LogP contribution in [0.15, 0.2) is 66.9 Å². The van der Waals surface area contributed by atoms with Gasteiger partial charge in [-0.2, -0.15) is 0 Å². The van der Waals surface area contributed by atoms with E-state index in [9.17, 15) is 4.79 Å². The summed E-state index contributed by atoms with van der Waals surface area (Å²) >= 11 is 0. The van der Waals surface area contributed by atoms with E-state index in [1.807, 2.05) is 60.7 Å². The quantitative estimate of drug-likeness (QED) is 0.821. The van der Waals surface area contributed by atoms with Gasteiger partial charge >= 0.3 is 0 Å². The third kappa shape index (κ3) is 2.22. The van der Waals surface area contributed by atoms with E-state index in [1.54, 1.807) is 4.90 Å². The molecule has 2 aromatic rings. The first-order valence-electron chi connectivity index (χ1n) is 6.10. The molecule has 3 nitrogen and oxygen atoms in total. The van der Waals surface area contributed by atoms with Crippen molar-refractivity contribution in [2.45, 2.75) is 0 Å². The number of ether oxygens (including phenoxy) is 1. The van der Waals surface area contributed by atoms with E-state index >= 15 is 0 Å². The molecular formula is C16H13NO2. The highest BCUT2D eigenvalue weighted by atomic mass is 16.5. The van der Waals surface area contributed by atoms with E-state index < -0.39 is 0 Å². The predicted molar refractivity (Wildman–Crippen MR) is 74.3 cm³/mol. The highest BCUT2D eigenvalue weighted by Gasteiger charge is 2.25. The Morgan fingerprint density at radius 2 is 1.53 bits per heavy atom. The number of para-hydroxylation sites is 1. The van der Waals surface area contributed by atoms with E-state index in [1.165, 1.54) is 6.26 Å². The van der Waals surface area contributed by atoms with Gasteiger partial charge in [-0.15, -0.1) is 0 Å². The number of carbonyl (C=O) groups is 1. The van der Waals surface area contributed by atoms with Crippen LogP contribution in [0.25, 0.3) is 5.57 Å². The van der Waals surface area contributed by atoms with Crippen LogP contribution in [0.4, 0.5) is 5.69 Å². The maximum Gasteiger partial charge on any atom is 0.264 e. The molecule has 1 heterocycles. The summed E-state index contributed by atoms with van der Waals surface area (Å²) in [5.41, 5.74) is 2.29. The lowest BCUT2D eigenvalue weighted by Gasteiger charge is -2.27. The van der Waals surface area contributed by atoms with Crippen molar-refractivity contribution < 1.29 is 9.53 Å². The molecule has 3 heteroatoms. The smallest absolute Gasteiger partial charge is 0.264 e. The van der Waals surface area contributed by atoms with E-state index in [2.05, 4.69) is 0 Å². The topological polar surface area (TPSA) is 29.5 Å². The number of hydrogen-bond donors (Lipinski definition) is 0. The van der Waals surface area contributed by atoms with Gasteiger partial charge in [0.1, 0.15) is 0 Å². The fraction of sp³-hybridized carbons (Fsp3) is 0.0625. The zero-order chi connectivity index (χ0) is 13.1. The lowest BCUT2D eigenvalue weighted by molar-refractivity contribution is -0.114. The van der Waals surface area contributed by atoms with Gasteiger partial charge in [-0.3, -0.25) is 9.69 Å². The number of rotatable bonds is 2. The van der Waals surface area contributed by atoms with Gasteiger partial charge < -0.3 is 4.74 Å². The summed E-state index contributed by atoms with van der Waals surface area (Å²) in [5, 5.41) is 0. The SMILES string of the molecule is O=C1C(c2ccccc2)=COCN1c1ccccc1. The van der Waals surface area contributed by atoms with Crippen molar-refractivity contribution in [2.24, 2.45) is 0 Å². The molecule has 0 radical (unpaired) electrons. The third-order valence-corrected chi connectivity index (χ3v) is 3.03. The van der Waals surface area contributed by atoms with Crippen molar-refractivity contribution in [1.82, 2.24) is 0 Å². The normalized spacial score (nSPS) is 14.8. The number of amides is 1. The van der Waals surface area contributed by atoms with Crippen LogP contribution in [0.2, 0.25) is 0 Å². The maximum absolute atomic E-state index is 12.5. The molecule has 0 atom stereocenters. The lowest BCUT2D eigenvalue weighted by Crippen LogP contribution is -2.36. The number of carbonyl (C=O) groups excluding carboxylic acids is 1. The summed E-state index contributed by atoms with van der Waals surface area (Å²) < 4.78 is 5.42. The van der Waals surface area contributed by atoms with Gasteiger partial charge in [0.25, 0.3) is 5.91 Å². The number of nitrogens with zero attached hydrogens (tertiary/aromatic N) is 1. The number of benzene rings is 2. The predicted octanol–water partition coefficient (Wildman–Crippen LogP) is 3.05. The van der Waals surface area contributed by atoms with Crippen LogP contribution in [-0.2, 0) is 9.53 Å². The second kappa shape index (κ2) is 4.98. The summed E-state index contributed by atoms with van der Waals surface area (Å²) in [4.78, 5) is 14.1. The first-order chi connectivity index (χ1) is 9.36. The van der Waals surface area contributed by atoms with Crippen molar-refractivity contribution in [3.63, 3.8) is 0 Å². The molecule has 2 aromatic carbocycles. The van der Waals surface area contributed by atoms with Crippen LogP contribution in [0.3, 0.4) is 0 Å². The molecule has 19 heavy (non-hydrogen) atoms. The minimum Gasteiger partial charge on any atom is -0.479 e. The minimum atomic E-state index is -0.0383. The van der Waals surface area contributed by atoms with Crippen LogP contribution in [0.5, 0.6) is 0 Å². The molecular weight excluding hydrogens is 238 g/mol. The zero-order valence-corrected chi connectivity index (χ0v) is 10.3. The Morgan fingerprint density at radius 1 is 0.895 bits per heavy atom. The lowest BCUT2D eigenvalue weighted by atomic mass is 10.1. The zero-order valence-electron chi connectivity index (χ0n) is 10.3. The van der Waals surface area contributed by atoms with E-state index in [-0.39, 0.29) is 12.6 Å². The van der Waals surface area contributed by atoms with Crippen molar-refractivity contribution >= 4 is 17.2 Å². The van der Waals surface area contributed by atoms with Crippen LogP contribution >= 0.6 is 0 Å². The van der Waals surface area contributed by atoms with Gasteiger partial charge in [-0.05, 0) is 17.7 Å². The van der Waals surface area contributed by atoms with Crippen molar-refractivity contribution in [2.75, 3.05) is 11.6 Å². The highest BCUT2D eigenvalue weighted by molar-refractivity contribution is 6.26.